The number of nitriles is 1. The summed E-state index contributed by atoms with van der Waals surface area (Å²) in [6.45, 7) is -0.590. The Bertz CT molecular complexity index is 974. The van der Waals surface area contributed by atoms with Crippen LogP contribution < -0.4 is 4.72 Å². The van der Waals surface area contributed by atoms with Crippen molar-refractivity contribution in [1.82, 2.24) is 9.03 Å². The Hall–Kier alpha value is -2.32. The molecule has 29 heavy (non-hydrogen) atoms. The summed E-state index contributed by atoms with van der Waals surface area (Å²) >= 11 is 12.1. The van der Waals surface area contributed by atoms with Gasteiger partial charge in [0, 0.05) is 29.2 Å². The Kier molecular flexibility index (Phi) is 7.87. The van der Waals surface area contributed by atoms with E-state index < -0.39 is 34.8 Å². The molecule has 156 valence electrons. The van der Waals surface area contributed by atoms with E-state index in [2.05, 4.69) is 9.46 Å². The smallest absolute Gasteiger partial charge is 0.338 e. The molecule has 12 heteroatoms. The first-order valence-electron chi connectivity index (χ1n) is 8.26. The summed E-state index contributed by atoms with van der Waals surface area (Å²) in [6.07, 6.45) is 1.27. The van der Waals surface area contributed by atoms with Gasteiger partial charge in [-0.3, -0.25) is 9.10 Å². The molecular formula is C17H17Cl2N3O6S. The van der Waals surface area contributed by atoms with Gasteiger partial charge in [-0.15, -0.1) is 0 Å². The largest absolute Gasteiger partial charge is 0.469 e. The zero-order valence-corrected chi connectivity index (χ0v) is 17.6. The fourth-order valence-electron chi connectivity index (χ4n) is 2.56. The maximum absolute atomic E-state index is 12.7. The molecule has 2 rings (SSSR count). The lowest BCUT2D eigenvalue weighted by Crippen LogP contribution is -2.46. The number of esters is 2. The third-order valence-electron chi connectivity index (χ3n) is 3.93. The van der Waals surface area contributed by atoms with Crippen molar-refractivity contribution in [2.24, 2.45) is 0 Å². The van der Waals surface area contributed by atoms with Crippen molar-refractivity contribution in [2.45, 2.75) is 18.9 Å². The van der Waals surface area contributed by atoms with Crippen LogP contribution in [0, 0.1) is 11.3 Å². The monoisotopic (exact) mass is 461 g/mol. The second-order valence-corrected chi connectivity index (χ2v) is 8.33. The number of benzene rings is 1. The minimum atomic E-state index is -4.05. The highest BCUT2D eigenvalue weighted by Gasteiger charge is 2.37. The average Bonchev–Trinajstić information content (AvgIpc) is 2.66. The van der Waals surface area contributed by atoms with Crippen LogP contribution in [0.5, 0.6) is 0 Å². The van der Waals surface area contributed by atoms with Crippen molar-refractivity contribution < 1.29 is 27.5 Å². The molecule has 1 atom stereocenters. The van der Waals surface area contributed by atoms with Gasteiger partial charge in [0.15, 0.2) is 6.61 Å². The van der Waals surface area contributed by atoms with Crippen molar-refractivity contribution in [3.63, 3.8) is 0 Å². The van der Waals surface area contributed by atoms with Crippen LogP contribution in [0.1, 0.15) is 24.4 Å². The van der Waals surface area contributed by atoms with Crippen LogP contribution in [0.15, 0.2) is 30.0 Å². The highest BCUT2D eigenvalue weighted by atomic mass is 35.5. The number of carbonyl (C=O) groups excluding carboxylic acids is 2. The quantitative estimate of drug-likeness (QED) is 0.615. The van der Waals surface area contributed by atoms with Gasteiger partial charge in [-0.05, 0) is 24.1 Å². The molecule has 9 nitrogen and oxygen atoms in total. The summed E-state index contributed by atoms with van der Waals surface area (Å²) in [7, 11) is -2.82. The normalized spacial score (nSPS) is 17.8. The van der Waals surface area contributed by atoms with Gasteiger partial charge < -0.3 is 9.47 Å². The number of halogens is 2. The number of ether oxygens (including phenoxy) is 2. The Balaban J connectivity index is 2.40. The van der Waals surface area contributed by atoms with Crippen molar-refractivity contribution in [2.75, 3.05) is 20.3 Å². The molecule has 1 aromatic rings. The fraction of sp³-hybridized carbons (Fsp3) is 0.353. The number of rotatable bonds is 7. The number of hydrogen-bond donors (Lipinski definition) is 1. The zero-order valence-electron chi connectivity index (χ0n) is 15.2. The van der Waals surface area contributed by atoms with E-state index in [1.54, 1.807) is 6.07 Å². The number of hydrogen-bond acceptors (Lipinski definition) is 7. The van der Waals surface area contributed by atoms with E-state index in [1.807, 2.05) is 0 Å². The first kappa shape index (κ1) is 23.0. The molecule has 0 aliphatic carbocycles. The molecule has 0 amide bonds. The van der Waals surface area contributed by atoms with E-state index in [4.69, 9.17) is 33.2 Å². The van der Waals surface area contributed by atoms with Crippen LogP contribution in [0.3, 0.4) is 0 Å². The van der Waals surface area contributed by atoms with Crippen LogP contribution >= 0.6 is 23.2 Å². The van der Waals surface area contributed by atoms with Gasteiger partial charge in [-0.1, -0.05) is 29.3 Å². The Morgan fingerprint density at radius 2 is 2.07 bits per heavy atom. The van der Waals surface area contributed by atoms with E-state index >= 15 is 0 Å². The molecule has 1 N–H and O–H groups in total. The average molecular weight is 462 g/mol. The molecule has 0 fully saturated rings. The standard InChI is InChI=1S/C17H17Cl2N3O6S/c1-27-15(23)3-2-7-22-10-13(17(24)28-8-6-20)16(21-29(22,25)26)12-5-4-11(18)9-14(12)19/h4-5,9-10,16,21H,2-3,7-8H2,1H3. The lowest BCUT2D eigenvalue weighted by atomic mass is 10.00. The molecule has 0 radical (unpaired) electrons. The molecule has 1 unspecified atom stereocenters. The summed E-state index contributed by atoms with van der Waals surface area (Å²) in [5.41, 5.74) is 0.214. The lowest BCUT2D eigenvalue weighted by Gasteiger charge is -2.32. The Morgan fingerprint density at radius 1 is 1.34 bits per heavy atom. The van der Waals surface area contributed by atoms with Gasteiger partial charge in [0.25, 0.3) is 0 Å². The van der Waals surface area contributed by atoms with Gasteiger partial charge in [0.05, 0.1) is 18.7 Å². The van der Waals surface area contributed by atoms with E-state index in [9.17, 15) is 18.0 Å². The van der Waals surface area contributed by atoms with Crippen LogP contribution in [-0.2, 0) is 29.3 Å². The fourth-order valence-corrected chi connectivity index (χ4v) is 4.39. The second-order valence-electron chi connectivity index (χ2n) is 5.83. The third-order valence-corrected chi connectivity index (χ3v) is 5.94. The third kappa shape index (κ3) is 5.83. The summed E-state index contributed by atoms with van der Waals surface area (Å²) in [6, 6.07) is 4.92. The van der Waals surface area contributed by atoms with Crippen molar-refractivity contribution >= 4 is 45.3 Å². The van der Waals surface area contributed by atoms with Crippen molar-refractivity contribution in [3.8, 4) is 6.07 Å². The molecule has 0 saturated carbocycles. The first-order chi connectivity index (χ1) is 13.7. The van der Waals surface area contributed by atoms with Gasteiger partial charge in [0.2, 0.25) is 0 Å². The first-order valence-corrected chi connectivity index (χ1v) is 10.5. The highest BCUT2D eigenvalue weighted by molar-refractivity contribution is 7.87. The van der Waals surface area contributed by atoms with E-state index in [-0.39, 0.29) is 35.5 Å². The summed E-state index contributed by atoms with van der Waals surface area (Å²) < 4.78 is 37.9. The molecular weight excluding hydrogens is 445 g/mol. The molecule has 1 aliphatic heterocycles. The number of carbonyl (C=O) groups is 2. The summed E-state index contributed by atoms with van der Waals surface area (Å²) in [4.78, 5) is 23.7. The minimum Gasteiger partial charge on any atom is -0.469 e. The zero-order chi connectivity index (χ0) is 21.6. The Labute approximate surface area is 178 Å². The molecule has 1 heterocycles. The van der Waals surface area contributed by atoms with Crippen LogP contribution in [0.2, 0.25) is 10.0 Å². The SMILES string of the molecule is COC(=O)CCCN1C=C(C(=O)OCC#N)C(c2ccc(Cl)cc2Cl)NS1(=O)=O. The topological polar surface area (TPSA) is 126 Å². The maximum Gasteiger partial charge on any atom is 0.338 e. The van der Waals surface area contributed by atoms with Crippen molar-refractivity contribution in [3.05, 3.63) is 45.6 Å². The molecule has 1 aromatic carbocycles. The lowest BCUT2D eigenvalue weighted by molar-refractivity contribution is -0.141. The van der Waals surface area contributed by atoms with Crippen LogP contribution in [0.4, 0.5) is 0 Å². The Morgan fingerprint density at radius 3 is 2.69 bits per heavy atom. The predicted molar refractivity (Wildman–Crippen MR) is 104 cm³/mol. The van der Waals surface area contributed by atoms with Gasteiger partial charge in [0.1, 0.15) is 6.07 Å². The van der Waals surface area contributed by atoms with Crippen LogP contribution in [-0.4, -0.2) is 44.9 Å². The van der Waals surface area contributed by atoms with E-state index in [0.29, 0.717) is 5.02 Å². The van der Waals surface area contributed by atoms with Gasteiger partial charge >= 0.3 is 22.1 Å². The second kappa shape index (κ2) is 9.93. The highest BCUT2D eigenvalue weighted by Crippen LogP contribution is 2.34. The van der Waals surface area contributed by atoms with E-state index in [0.717, 1.165) is 10.5 Å². The van der Waals surface area contributed by atoms with Gasteiger partial charge in [-0.25, -0.2) is 4.79 Å². The number of nitrogens with one attached hydrogen (secondary N) is 1. The van der Waals surface area contributed by atoms with Gasteiger partial charge in [-0.2, -0.15) is 18.4 Å². The van der Waals surface area contributed by atoms with Crippen molar-refractivity contribution in [1.29, 1.82) is 5.26 Å². The molecule has 0 saturated heterocycles. The minimum absolute atomic E-state index is 0.00296. The number of methoxy groups -OCH3 is 1. The predicted octanol–water partition coefficient (Wildman–Crippen LogP) is 2.09. The molecule has 0 spiro atoms. The number of nitrogens with zero attached hydrogens (tertiary/aromatic N) is 2. The summed E-state index contributed by atoms with van der Waals surface area (Å²) in [5.74, 6) is -1.38. The van der Waals surface area contributed by atoms with Crippen LogP contribution in [0.25, 0.3) is 0 Å². The summed E-state index contributed by atoms with van der Waals surface area (Å²) in [5, 5.41) is 9.12. The molecule has 0 aromatic heterocycles. The molecule has 0 bridgehead atoms. The van der Waals surface area contributed by atoms with E-state index in [1.165, 1.54) is 25.3 Å². The molecule has 1 aliphatic rings. The maximum atomic E-state index is 12.7.